The van der Waals surface area contributed by atoms with E-state index < -0.39 is 0 Å². The van der Waals surface area contributed by atoms with Crippen molar-refractivity contribution in [1.82, 2.24) is 0 Å². The average Bonchev–Trinajstić information content (AvgIpc) is 2.63. The topological polar surface area (TPSA) is 24.7 Å². The van der Waals surface area contributed by atoms with Crippen molar-refractivity contribution in [2.75, 3.05) is 6.61 Å². The first-order valence-corrected chi connectivity index (χ1v) is 5.37. The van der Waals surface area contributed by atoms with Gasteiger partial charge in [0, 0.05) is 11.1 Å². The summed E-state index contributed by atoms with van der Waals surface area (Å²) < 4.78 is 0. The molecule has 1 aliphatic rings. The Kier molecular flexibility index (Phi) is 2.85. The Bertz CT molecular complexity index is 282. The summed E-state index contributed by atoms with van der Waals surface area (Å²) >= 11 is 0. The smallest absolute Gasteiger partial charge is 0.111 e. The summed E-state index contributed by atoms with van der Waals surface area (Å²) in [6.45, 7) is 4.61. The lowest BCUT2D eigenvalue weighted by atomic mass is 10.1. The van der Waals surface area contributed by atoms with E-state index in [-0.39, 0.29) is 0 Å². The fourth-order valence-corrected chi connectivity index (χ4v) is 2.29. The van der Waals surface area contributed by atoms with Crippen LogP contribution in [0.1, 0.15) is 24.5 Å². The van der Waals surface area contributed by atoms with Crippen LogP contribution in [-0.4, -0.2) is 17.8 Å². The number of hydrogen-bond donors (Lipinski definition) is 2. The van der Waals surface area contributed by atoms with Crippen LogP contribution < -0.4 is 4.90 Å². The molecule has 2 nitrogen and oxygen atoms in total. The highest BCUT2D eigenvalue weighted by molar-refractivity contribution is 5.27. The summed E-state index contributed by atoms with van der Waals surface area (Å²) in [6.07, 6.45) is 1.06. The summed E-state index contributed by atoms with van der Waals surface area (Å²) in [5.74, 6) is 0. The van der Waals surface area contributed by atoms with Gasteiger partial charge in [-0.15, -0.1) is 0 Å². The monoisotopic (exact) mass is 192 g/mol. The van der Waals surface area contributed by atoms with Crippen LogP contribution in [0.3, 0.4) is 0 Å². The van der Waals surface area contributed by atoms with E-state index >= 15 is 0 Å². The van der Waals surface area contributed by atoms with Crippen LogP contribution in [-0.2, 0) is 13.1 Å². The van der Waals surface area contributed by atoms with Crippen molar-refractivity contribution in [2.24, 2.45) is 0 Å². The van der Waals surface area contributed by atoms with E-state index in [0.717, 1.165) is 19.5 Å². The minimum atomic E-state index is 0.305. The maximum Gasteiger partial charge on any atom is 0.111 e. The van der Waals surface area contributed by atoms with Crippen LogP contribution in [0.5, 0.6) is 0 Å². The van der Waals surface area contributed by atoms with Crippen LogP contribution in [0, 0.1) is 0 Å². The predicted molar refractivity (Wildman–Crippen MR) is 56.0 cm³/mol. The highest BCUT2D eigenvalue weighted by Crippen LogP contribution is 2.11. The maximum atomic E-state index is 9.24. The molecule has 0 saturated carbocycles. The highest BCUT2D eigenvalue weighted by Gasteiger charge is 2.27. The standard InChI is InChI=1S/C12H17NO/c1-2-12(9-14)13-7-10-5-3-4-6-11(10)8-13/h3-6,12,14H,2,7-9H2,1H3/p+1/t12-/m1/s1. The van der Waals surface area contributed by atoms with Crippen molar-refractivity contribution in [3.8, 4) is 0 Å². The summed E-state index contributed by atoms with van der Waals surface area (Å²) in [7, 11) is 0. The number of rotatable bonds is 3. The van der Waals surface area contributed by atoms with Gasteiger partial charge in [-0.05, 0) is 6.42 Å². The molecule has 2 N–H and O–H groups in total. The second kappa shape index (κ2) is 4.11. The molecule has 0 amide bonds. The number of aliphatic hydroxyl groups is 1. The zero-order valence-electron chi connectivity index (χ0n) is 8.66. The van der Waals surface area contributed by atoms with E-state index in [1.54, 1.807) is 0 Å². The Hall–Kier alpha value is -0.860. The number of nitrogens with one attached hydrogen (secondary N) is 1. The van der Waals surface area contributed by atoms with Crippen LogP contribution in [0.15, 0.2) is 24.3 Å². The molecule has 1 aliphatic heterocycles. The number of fused-ring (bicyclic) bond motifs is 1. The average molecular weight is 192 g/mol. The quantitative estimate of drug-likeness (QED) is 0.710. The van der Waals surface area contributed by atoms with Crippen LogP contribution >= 0.6 is 0 Å². The molecule has 0 spiro atoms. The van der Waals surface area contributed by atoms with Gasteiger partial charge in [0.2, 0.25) is 0 Å². The molecular weight excluding hydrogens is 174 g/mol. The molecule has 0 bridgehead atoms. The zero-order chi connectivity index (χ0) is 9.97. The van der Waals surface area contributed by atoms with Crippen LogP contribution in [0.25, 0.3) is 0 Å². The van der Waals surface area contributed by atoms with Gasteiger partial charge in [-0.1, -0.05) is 31.2 Å². The van der Waals surface area contributed by atoms with E-state index in [1.807, 2.05) is 0 Å². The molecule has 1 atom stereocenters. The number of benzene rings is 1. The number of aliphatic hydroxyl groups excluding tert-OH is 1. The van der Waals surface area contributed by atoms with Gasteiger partial charge in [-0.3, -0.25) is 0 Å². The largest absolute Gasteiger partial charge is 0.390 e. The van der Waals surface area contributed by atoms with E-state index in [9.17, 15) is 5.11 Å². The molecule has 0 radical (unpaired) electrons. The van der Waals surface area contributed by atoms with Gasteiger partial charge in [-0.2, -0.15) is 0 Å². The Balaban J connectivity index is 2.11. The molecular formula is C12H18NO+. The molecule has 76 valence electrons. The van der Waals surface area contributed by atoms with E-state index in [2.05, 4.69) is 31.2 Å². The molecule has 1 heterocycles. The third-order valence-electron chi connectivity index (χ3n) is 3.24. The molecule has 0 unspecified atom stereocenters. The second-order valence-electron chi connectivity index (χ2n) is 4.07. The van der Waals surface area contributed by atoms with Crippen molar-refractivity contribution in [3.63, 3.8) is 0 Å². The van der Waals surface area contributed by atoms with Crippen LogP contribution in [0.4, 0.5) is 0 Å². The van der Waals surface area contributed by atoms with Crippen LogP contribution in [0.2, 0.25) is 0 Å². The van der Waals surface area contributed by atoms with Crippen molar-refractivity contribution < 1.29 is 10.0 Å². The van der Waals surface area contributed by atoms with Crippen molar-refractivity contribution in [3.05, 3.63) is 35.4 Å². The SMILES string of the molecule is CC[C@H](CO)[NH+]1Cc2ccccc2C1. The number of hydrogen-bond acceptors (Lipinski definition) is 1. The Morgan fingerprint density at radius 3 is 2.29 bits per heavy atom. The second-order valence-corrected chi connectivity index (χ2v) is 4.07. The molecule has 2 rings (SSSR count). The first-order chi connectivity index (χ1) is 6.85. The van der Waals surface area contributed by atoms with E-state index in [4.69, 9.17) is 0 Å². The Morgan fingerprint density at radius 2 is 1.86 bits per heavy atom. The van der Waals surface area contributed by atoms with Crippen molar-refractivity contribution in [2.45, 2.75) is 32.5 Å². The lowest BCUT2D eigenvalue weighted by Crippen LogP contribution is -3.12. The molecule has 1 aromatic carbocycles. The summed E-state index contributed by atoms with van der Waals surface area (Å²) in [5, 5.41) is 9.24. The summed E-state index contributed by atoms with van der Waals surface area (Å²) in [5.41, 5.74) is 2.91. The maximum absolute atomic E-state index is 9.24. The van der Waals surface area contributed by atoms with Gasteiger partial charge in [-0.25, -0.2) is 0 Å². The van der Waals surface area contributed by atoms with E-state index in [1.165, 1.54) is 16.0 Å². The molecule has 0 saturated heterocycles. The van der Waals surface area contributed by atoms with Crippen molar-refractivity contribution >= 4 is 0 Å². The first kappa shape index (κ1) is 9.69. The fraction of sp³-hybridized carbons (Fsp3) is 0.500. The molecule has 0 aliphatic carbocycles. The Morgan fingerprint density at radius 1 is 1.29 bits per heavy atom. The summed E-state index contributed by atoms with van der Waals surface area (Å²) in [6, 6.07) is 9.00. The highest BCUT2D eigenvalue weighted by atomic mass is 16.3. The zero-order valence-corrected chi connectivity index (χ0v) is 8.66. The van der Waals surface area contributed by atoms with Gasteiger partial charge in [0.15, 0.2) is 0 Å². The molecule has 0 fully saturated rings. The third-order valence-corrected chi connectivity index (χ3v) is 3.24. The fourth-order valence-electron chi connectivity index (χ4n) is 2.29. The lowest BCUT2D eigenvalue weighted by Gasteiger charge is -2.21. The van der Waals surface area contributed by atoms with E-state index in [0.29, 0.717) is 12.6 Å². The molecule has 14 heavy (non-hydrogen) atoms. The minimum absolute atomic E-state index is 0.305. The van der Waals surface area contributed by atoms with Gasteiger partial charge in [0.1, 0.15) is 19.1 Å². The molecule has 1 aromatic rings. The third kappa shape index (κ3) is 1.68. The lowest BCUT2D eigenvalue weighted by molar-refractivity contribution is -0.946. The van der Waals surface area contributed by atoms with Gasteiger partial charge < -0.3 is 10.0 Å². The van der Waals surface area contributed by atoms with Crippen molar-refractivity contribution in [1.29, 1.82) is 0 Å². The van der Waals surface area contributed by atoms with Gasteiger partial charge in [0.25, 0.3) is 0 Å². The summed E-state index contributed by atoms with van der Waals surface area (Å²) in [4.78, 5) is 1.51. The Labute approximate surface area is 85.2 Å². The van der Waals surface area contributed by atoms with Gasteiger partial charge in [0.05, 0.1) is 6.61 Å². The predicted octanol–water partition coefficient (Wildman–Crippen LogP) is 0.356. The minimum Gasteiger partial charge on any atom is -0.390 e. The van der Waals surface area contributed by atoms with Gasteiger partial charge >= 0.3 is 0 Å². The number of quaternary nitrogens is 1. The molecule has 0 aromatic heterocycles. The molecule has 2 heteroatoms. The first-order valence-electron chi connectivity index (χ1n) is 5.37. The normalized spacial score (nSPS) is 18.1.